The molecule has 1 saturated carbocycles. The van der Waals surface area contributed by atoms with Crippen LogP contribution in [-0.2, 0) is 0 Å². The Morgan fingerprint density at radius 1 is 1.19 bits per heavy atom. The van der Waals surface area contributed by atoms with Crippen LogP contribution in [0, 0.1) is 0 Å². The molecule has 0 unspecified atom stereocenters. The summed E-state index contributed by atoms with van der Waals surface area (Å²) in [6, 6.07) is 7.47. The number of aromatic amines is 2. The topological polar surface area (TPSA) is 99.4 Å². The van der Waals surface area contributed by atoms with E-state index in [1.54, 1.807) is 0 Å². The van der Waals surface area contributed by atoms with Crippen molar-refractivity contribution in [3.05, 3.63) is 46.0 Å². The van der Waals surface area contributed by atoms with Gasteiger partial charge >= 0.3 is 0 Å². The molecule has 1 aromatic carbocycles. The van der Waals surface area contributed by atoms with Crippen molar-refractivity contribution in [2.45, 2.75) is 38.5 Å². The van der Waals surface area contributed by atoms with Gasteiger partial charge in [0, 0.05) is 17.2 Å². The average Bonchev–Trinajstić information content (AvgIpc) is 3.21. The van der Waals surface area contributed by atoms with E-state index in [1.807, 2.05) is 38.1 Å². The number of halogens is 1. The molecule has 2 heterocycles. The number of H-pyrrole nitrogens is 2. The second-order valence-electron chi connectivity index (χ2n) is 6.80. The maximum Gasteiger partial charge on any atom is 0.277 e. The number of anilines is 1. The first kappa shape index (κ1) is 17.0. The van der Waals surface area contributed by atoms with E-state index in [-0.39, 0.29) is 11.8 Å². The summed E-state index contributed by atoms with van der Waals surface area (Å²) in [5.41, 5.74) is 2.86. The summed E-state index contributed by atoms with van der Waals surface area (Å²) in [7, 11) is 0. The van der Waals surface area contributed by atoms with Crippen LogP contribution >= 0.6 is 15.9 Å². The summed E-state index contributed by atoms with van der Waals surface area (Å²) in [5.74, 6) is 2.17. The van der Waals surface area contributed by atoms with Crippen LogP contribution < -0.4 is 5.32 Å². The summed E-state index contributed by atoms with van der Waals surface area (Å²) >= 11 is 3.45. The first-order chi connectivity index (χ1) is 12.5. The smallest absolute Gasteiger partial charge is 0.277 e. The largest absolute Gasteiger partial charge is 0.321 e. The fourth-order valence-electron chi connectivity index (χ4n) is 2.71. The molecule has 3 N–H and O–H groups in total. The molecule has 1 fully saturated rings. The first-order valence-corrected chi connectivity index (χ1v) is 9.40. The lowest BCUT2D eigenvalue weighted by molar-refractivity contribution is 0.102. The highest BCUT2D eigenvalue weighted by atomic mass is 79.9. The van der Waals surface area contributed by atoms with Crippen molar-refractivity contribution in [3.8, 4) is 11.4 Å². The van der Waals surface area contributed by atoms with Crippen molar-refractivity contribution in [2.24, 2.45) is 0 Å². The van der Waals surface area contributed by atoms with Crippen molar-refractivity contribution in [2.75, 3.05) is 5.32 Å². The molecule has 0 spiro atoms. The third kappa shape index (κ3) is 3.29. The van der Waals surface area contributed by atoms with Gasteiger partial charge in [-0.3, -0.25) is 15.0 Å². The highest BCUT2D eigenvalue weighted by Crippen LogP contribution is 2.38. The van der Waals surface area contributed by atoms with Crippen LogP contribution in [0.5, 0.6) is 0 Å². The highest BCUT2D eigenvalue weighted by molar-refractivity contribution is 9.10. The van der Waals surface area contributed by atoms with Gasteiger partial charge in [0.15, 0.2) is 11.5 Å². The summed E-state index contributed by atoms with van der Waals surface area (Å²) in [6.07, 6.45) is 2.36. The number of rotatable bonds is 5. The fraction of sp³-hybridized carbons (Fsp3) is 0.333. The van der Waals surface area contributed by atoms with E-state index in [0.717, 1.165) is 17.1 Å². The Bertz CT molecular complexity index is 939. The number of carbonyl (C=O) groups excluding carboxylic acids is 1. The van der Waals surface area contributed by atoms with Crippen LogP contribution in [0.4, 0.5) is 5.69 Å². The van der Waals surface area contributed by atoms with E-state index in [9.17, 15) is 4.79 Å². The molecule has 0 aliphatic heterocycles. The summed E-state index contributed by atoms with van der Waals surface area (Å²) in [5, 5.41) is 17.2. The van der Waals surface area contributed by atoms with E-state index in [2.05, 4.69) is 46.6 Å². The minimum atomic E-state index is -0.262. The van der Waals surface area contributed by atoms with Gasteiger partial charge in [0.2, 0.25) is 0 Å². The molecule has 8 heteroatoms. The molecule has 0 atom stereocenters. The third-order valence-electron chi connectivity index (χ3n) is 4.39. The van der Waals surface area contributed by atoms with Crippen LogP contribution in [0.1, 0.15) is 60.5 Å². The SMILES string of the molecule is CC(C)c1[nH]nc(C(=O)Nc2ccc(-c3n[nH]c(C4CC4)n3)cc2)c1Br. The van der Waals surface area contributed by atoms with Gasteiger partial charge in [0.1, 0.15) is 5.82 Å². The zero-order valence-electron chi connectivity index (χ0n) is 14.5. The first-order valence-electron chi connectivity index (χ1n) is 8.60. The molecule has 7 nitrogen and oxygen atoms in total. The number of amides is 1. The minimum Gasteiger partial charge on any atom is -0.321 e. The zero-order chi connectivity index (χ0) is 18.3. The van der Waals surface area contributed by atoms with Gasteiger partial charge in [-0.15, -0.1) is 0 Å². The van der Waals surface area contributed by atoms with E-state index in [4.69, 9.17) is 0 Å². The van der Waals surface area contributed by atoms with E-state index < -0.39 is 0 Å². The molecule has 3 aromatic rings. The third-order valence-corrected chi connectivity index (χ3v) is 5.20. The Kier molecular flexibility index (Phi) is 4.36. The summed E-state index contributed by atoms with van der Waals surface area (Å²) in [6.45, 7) is 4.08. The van der Waals surface area contributed by atoms with Gasteiger partial charge in [0.05, 0.1) is 10.2 Å². The summed E-state index contributed by atoms with van der Waals surface area (Å²) in [4.78, 5) is 17.0. The molecule has 0 radical (unpaired) electrons. The van der Waals surface area contributed by atoms with Crippen molar-refractivity contribution in [1.29, 1.82) is 0 Å². The van der Waals surface area contributed by atoms with Crippen LogP contribution in [0.15, 0.2) is 28.7 Å². The molecule has 2 aromatic heterocycles. The van der Waals surface area contributed by atoms with Crippen LogP contribution in [0.25, 0.3) is 11.4 Å². The monoisotopic (exact) mass is 414 g/mol. The molecule has 134 valence electrons. The number of hydrogen-bond donors (Lipinski definition) is 3. The Balaban J connectivity index is 1.47. The van der Waals surface area contributed by atoms with E-state index in [0.29, 0.717) is 27.6 Å². The van der Waals surface area contributed by atoms with Crippen molar-refractivity contribution in [3.63, 3.8) is 0 Å². The lowest BCUT2D eigenvalue weighted by Crippen LogP contribution is -2.13. The second-order valence-corrected chi connectivity index (χ2v) is 7.60. The van der Waals surface area contributed by atoms with Crippen molar-refractivity contribution >= 4 is 27.5 Å². The van der Waals surface area contributed by atoms with Gasteiger partial charge in [-0.05, 0) is 59.0 Å². The molecule has 1 amide bonds. The van der Waals surface area contributed by atoms with Gasteiger partial charge in [-0.1, -0.05) is 13.8 Å². The van der Waals surface area contributed by atoms with Crippen LogP contribution in [-0.4, -0.2) is 31.3 Å². The van der Waals surface area contributed by atoms with Gasteiger partial charge in [-0.2, -0.15) is 10.2 Å². The minimum absolute atomic E-state index is 0.250. The van der Waals surface area contributed by atoms with Gasteiger partial charge in [0.25, 0.3) is 5.91 Å². The quantitative estimate of drug-likeness (QED) is 0.581. The van der Waals surface area contributed by atoms with Crippen molar-refractivity contribution in [1.82, 2.24) is 25.4 Å². The standard InChI is InChI=1S/C18H19BrN6O/c1-9(2)14-13(19)15(23-22-14)18(26)20-12-7-5-11(6-8-12)17-21-16(24-25-17)10-3-4-10/h5-10H,3-4H2,1-2H3,(H,20,26)(H,22,23)(H,21,24,25). The molecule has 1 aliphatic carbocycles. The lowest BCUT2D eigenvalue weighted by atomic mass is 10.1. The summed E-state index contributed by atoms with van der Waals surface area (Å²) < 4.78 is 0.704. The molecule has 0 saturated heterocycles. The Labute approximate surface area is 159 Å². The average molecular weight is 415 g/mol. The number of benzene rings is 1. The molecular formula is C18H19BrN6O. The highest BCUT2D eigenvalue weighted by Gasteiger charge is 2.27. The predicted octanol–water partition coefficient (Wildman–Crippen LogP) is 4.21. The van der Waals surface area contributed by atoms with Crippen LogP contribution in [0.3, 0.4) is 0 Å². The number of nitrogens with zero attached hydrogens (tertiary/aromatic N) is 3. The maximum absolute atomic E-state index is 12.5. The van der Waals surface area contributed by atoms with E-state index >= 15 is 0 Å². The Morgan fingerprint density at radius 3 is 2.54 bits per heavy atom. The number of nitrogens with one attached hydrogen (secondary N) is 3. The molecule has 0 bridgehead atoms. The number of hydrogen-bond acceptors (Lipinski definition) is 4. The molecule has 1 aliphatic rings. The maximum atomic E-state index is 12.5. The Morgan fingerprint density at radius 2 is 1.92 bits per heavy atom. The molecule has 4 rings (SSSR count). The Hall–Kier alpha value is -2.48. The lowest BCUT2D eigenvalue weighted by Gasteiger charge is -2.05. The second kappa shape index (κ2) is 6.68. The normalized spacial score (nSPS) is 14.0. The van der Waals surface area contributed by atoms with E-state index in [1.165, 1.54) is 12.8 Å². The molecular weight excluding hydrogens is 396 g/mol. The fourth-order valence-corrected chi connectivity index (χ4v) is 3.53. The van der Waals surface area contributed by atoms with Crippen molar-refractivity contribution < 1.29 is 4.79 Å². The number of carbonyl (C=O) groups is 1. The number of aromatic nitrogens is 5. The van der Waals surface area contributed by atoms with Gasteiger partial charge < -0.3 is 5.32 Å². The predicted molar refractivity (Wildman–Crippen MR) is 102 cm³/mol. The van der Waals surface area contributed by atoms with Crippen LogP contribution in [0.2, 0.25) is 0 Å². The molecule has 26 heavy (non-hydrogen) atoms. The zero-order valence-corrected chi connectivity index (χ0v) is 16.1. The van der Waals surface area contributed by atoms with Gasteiger partial charge in [-0.25, -0.2) is 4.98 Å².